The van der Waals surface area contributed by atoms with Crippen LogP contribution in [0.4, 0.5) is 0 Å². The molecule has 0 saturated heterocycles. The molecule has 0 aliphatic heterocycles. The highest BCUT2D eigenvalue weighted by atomic mass is 16.5. The van der Waals surface area contributed by atoms with Gasteiger partial charge in [0.15, 0.2) is 0 Å². The van der Waals surface area contributed by atoms with Gasteiger partial charge in [-0.25, -0.2) is 0 Å². The maximum Gasteiger partial charge on any atom is 0.123 e. The van der Waals surface area contributed by atoms with Crippen molar-refractivity contribution in [3.63, 3.8) is 0 Å². The maximum atomic E-state index is 5.54. The minimum Gasteiger partial charge on any atom is -0.496 e. The summed E-state index contributed by atoms with van der Waals surface area (Å²) in [7, 11) is 5.72. The number of benzene rings is 1. The van der Waals surface area contributed by atoms with Gasteiger partial charge >= 0.3 is 0 Å². The molecular formula is C17H25N3O. The fourth-order valence-electron chi connectivity index (χ4n) is 2.62. The van der Waals surface area contributed by atoms with Gasteiger partial charge in [-0.3, -0.25) is 4.68 Å². The minimum absolute atomic E-state index is 0.209. The van der Waals surface area contributed by atoms with E-state index in [0.717, 1.165) is 24.3 Å². The maximum absolute atomic E-state index is 5.54. The standard InChI is InChI=1S/C17H25N3O/c1-6-13-10-14(20(4)19-13)11-16(18-3)15-8-7-12(2)9-17(15)21-5/h7-10,16,18H,6,11H2,1-5H3. The molecule has 2 aromatic rings. The zero-order chi connectivity index (χ0) is 15.4. The predicted octanol–water partition coefficient (Wildman–Crippen LogP) is 2.80. The van der Waals surface area contributed by atoms with Crippen molar-refractivity contribution in [1.82, 2.24) is 15.1 Å². The summed E-state index contributed by atoms with van der Waals surface area (Å²) in [5, 5.41) is 7.92. The highest BCUT2D eigenvalue weighted by Crippen LogP contribution is 2.28. The molecule has 1 heterocycles. The van der Waals surface area contributed by atoms with Crippen LogP contribution in [0.2, 0.25) is 0 Å². The normalized spacial score (nSPS) is 12.4. The molecule has 21 heavy (non-hydrogen) atoms. The fraction of sp³-hybridized carbons (Fsp3) is 0.471. The van der Waals surface area contributed by atoms with Gasteiger partial charge in [0.25, 0.3) is 0 Å². The molecule has 4 nitrogen and oxygen atoms in total. The lowest BCUT2D eigenvalue weighted by atomic mass is 9.99. The third kappa shape index (κ3) is 3.45. The second-order valence-corrected chi connectivity index (χ2v) is 5.39. The van der Waals surface area contributed by atoms with Crippen LogP contribution in [-0.2, 0) is 19.9 Å². The van der Waals surface area contributed by atoms with Gasteiger partial charge in [0.1, 0.15) is 5.75 Å². The summed E-state index contributed by atoms with van der Waals surface area (Å²) in [5.41, 5.74) is 4.76. The van der Waals surface area contributed by atoms with Gasteiger partial charge in [-0.1, -0.05) is 19.1 Å². The molecule has 1 aromatic carbocycles. The number of nitrogens with zero attached hydrogens (tertiary/aromatic N) is 2. The van der Waals surface area contributed by atoms with E-state index in [0.29, 0.717) is 0 Å². The number of ether oxygens (including phenoxy) is 1. The highest BCUT2D eigenvalue weighted by Gasteiger charge is 2.17. The van der Waals surface area contributed by atoms with E-state index in [4.69, 9.17) is 4.74 Å². The second-order valence-electron chi connectivity index (χ2n) is 5.39. The van der Waals surface area contributed by atoms with Crippen molar-refractivity contribution in [3.05, 3.63) is 46.8 Å². The first-order valence-corrected chi connectivity index (χ1v) is 7.42. The molecule has 0 aliphatic rings. The number of hydrogen-bond acceptors (Lipinski definition) is 3. The third-order valence-corrected chi connectivity index (χ3v) is 3.92. The lowest BCUT2D eigenvalue weighted by Crippen LogP contribution is -2.20. The summed E-state index contributed by atoms with van der Waals surface area (Å²) in [6, 6.07) is 8.75. The van der Waals surface area contributed by atoms with Crippen LogP contribution in [0.3, 0.4) is 0 Å². The third-order valence-electron chi connectivity index (χ3n) is 3.92. The Labute approximate surface area is 127 Å². The van der Waals surface area contributed by atoms with E-state index in [1.165, 1.54) is 16.8 Å². The average Bonchev–Trinajstić information content (AvgIpc) is 2.85. The quantitative estimate of drug-likeness (QED) is 0.888. The molecule has 0 spiro atoms. The van der Waals surface area contributed by atoms with E-state index in [9.17, 15) is 0 Å². The molecule has 1 atom stereocenters. The molecule has 4 heteroatoms. The molecule has 114 valence electrons. The van der Waals surface area contributed by atoms with E-state index in [-0.39, 0.29) is 6.04 Å². The number of nitrogens with one attached hydrogen (secondary N) is 1. The second kappa shape index (κ2) is 6.76. The van der Waals surface area contributed by atoms with Crippen molar-refractivity contribution in [2.75, 3.05) is 14.2 Å². The zero-order valence-electron chi connectivity index (χ0n) is 13.6. The van der Waals surface area contributed by atoms with Crippen LogP contribution in [-0.4, -0.2) is 23.9 Å². The zero-order valence-corrected chi connectivity index (χ0v) is 13.6. The topological polar surface area (TPSA) is 39.1 Å². The van der Waals surface area contributed by atoms with E-state index in [1.807, 2.05) is 18.8 Å². The molecule has 0 bridgehead atoms. The van der Waals surface area contributed by atoms with Crippen LogP contribution in [0, 0.1) is 6.92 Å². The number of hydrogen-bond donors (Lipinski definition) is 1. The first-order valence-electron chi connectivity index (χ1n) is 7.42. The number of methoxy groups -OCH3 is 1. The van der Waals surface area contributed by atoms with Crippen LogP contribution in [0.25, 0.3) is 0 Å². The largest absolute Gasteiger partial charge is 0.496 e. The predicted molar refractivity (Wildman–Crippen MR) is 85.8 cm³/mol. The lowest BCUT2D eigenvalue weighted by molar-refractivity contribution is 0.400. The van der Waals surface area contributed by atoms with Crippen molar-refractivity contribution in [3.8, 4) is 5.75 Å². The number of aryl methyl sites for hydroxylation is 3. The molecule has 2 rings (SSSR count). The molecule has 1 N–H and O–H groups in total. The fourth-order valence-corrected chi connectivity index (χ4v) is 2.62. The minimum atomic E-state index is 0.209. The molecule has 0 fully saturated rings. The molecular weight excluding hydrogens is 262 g/mol. The average molecular weight is 287 g/mol. The van der Waals surface area contributed by atoms with E-state index in [1.54, 1.807) is 7.11 Å². The Balaban J connectivity index is 2.29. The van der Waals surface area contributed by atoms with Crippen molar-refractivity contribution < 1.29 is 4.74 Å². The molecule has 0 aliphatic carbocycles. The molecule has 0 radical (unpaired) electrons. The summed E-state index contributed by atoms with van der Waals surface area (Å²) < 4.78 is 7.52. The first kappa shape index (κ1) is 15.6. The summed E-state index contributed by atoms with van der Waals surface area (Å²) >= 11 is 0. The lowest BCUT2D eigenvalue weighted by Gasteiger charge is -2.20. The summed E-state index contributed by atoms with van der Waals surface area (Å²) in [5.74, 6) is 0.937. The van der Waals surface area contributed by atoms with Crippen LogP contribution < -0.4 is 10.1 Å². The number of likely N-dealkylation sites (N-methyl/N-ethyl adjacent to an activating group) is 1. The van der Waals surface area contributed by atoms with E-state index in [2.05, 4.69) is 48.5 Å². The van der Waals surface area contributed by atoms with Crippen molar-refractivity contribution >= 4 is 0 Å². The Morgan fingerprint density at radius 1 is 1.33 bits per heavy atom. The van der Waals surface area contributed by atoms with Crippen LogP contribution in [0.1, 0.15) is 35.5 Å². The highest BCUT2D eigenvalue weighted by molar-refractivity contribution is 5.40. The Morgan fingerprint density at radius 3 is 2.67 bits per heavy atom. The van der Waals surface area contributed by atoms with Gasteiger partial charge < -0.3 is 10.1 Å². The van der Waals surface area contributed by atoms with E-state index >= 15 is 0 Å². The van der Waals surface area contributed by atoms with Gasteiger partial charge in [-0.15, -0.1) is 0 Å². The Bertz CT molecular complexity index is 604. The van der Waals surface area contributed by atoms with Gasteiger partial charge in [0, 0.05) is 30.8 Å². The van der Waals surface area contributed by atoms with Crippen LogP contribution >= 0.6 is 0 Å². The first-order chi connectivity index (χ1) is 10.1. The van der Waals surface area contributed by atoms with Gasteiger partial charge in [0.2, 0.25) is 0 Å². The van der Waals surface area contributed by atoms with Gasteiger partial charge in [0.05, 0.1) is 12.8 Å². The SMILES string of the molecule is CCc1cc(CC(NC)c2ccc(C)cc2OC)n(C)n1. The van der Waals surface area contributed by atoms with Gasteiger partial charge in [-0.2, -0.15) is 5.10 Å². The Morgan fingerprint density at radius 2 is 2.10 bits per heavy atom. The summed E-state index contributed by atoms with van der Waals surface area (Å²) in [4.78, 5) is 0. The number of rotatable bonds is 6. The monoisotopic (exact) mass is 287 g/mol. The summed E-state index contributed by atoms with van der Waals surface area (Å²) in [6.45, 7) is 4.21. The molecule has 0 saturated carbocycles. The van der Waals surface area contributed by atoms with Crippen molar-refractivity contribution in [2.45, 2.75) is 32.7 Å². The molecule has 1 unspecified atom stereocenters. The Kier molecular flexibility index (Phi) is 5.02. The smallest absolute Gasteiger partial charge is 0.123 e. The molecule has 0 amide bonds. The van der Waals surface area contributed by atoms with Crippen LogP contribution in [0.5, 0.6) is 5.75 Å². The summed E-state index contributed by atoms with van der Waals surface area (Å²) in [6.07, 6.45) is 1.85. The Hall–Kier alpha value is -1.81. The number of aromatic nitrogens is 2. The van der Waals surface area contributed by atoms with Crippen molar-refractivity contribution in [1.29, 1.82) is 0 Å². The van der Waals surface area contributed by atoms with Crippen molar-refractivity contribution in [2.24, 2.45) is 7.05 Å². The van der Waals surface area contributed by atoms with Crippen LogP contribution in [0.15, 0.2) is 24.3 Å². The van der Waals surface area contributed by atoms with E-state index < -0.39 is 0 Å². The van der Waals surface area contributed by atoms with Gasteiger partial charge in [-0.05, 0) is 38.1 Å². The molecule has 1 aromatic heterocycles.